The van der Waals surface area contributed by atoms with E-state index in [9.17, 15) is 13.2 Å². The number of aromatic nitrogens is 7. The molecule has 48 heavy (non-hydrogen) atoms. The number of halogens is 5. The van der Waals surface area contributed by atoms with Crippen LogP contribution in [-0.4, -0.2) is 71.6 Å². The minimum absolute atomic E-state index is 0.0132. The number of H-pyrrole nitrogens is 1. The SMILES string of the molecule is C[C@]1(c2ccc(Cl)cn2)Oc2cccc([C@@H]3CCN(Cc4nc5cc(-c6n[nH]c(C(F)(F)F)n6)cnc5n4C[C@@H]4CCO4)C[C@H]3F)c2O1. The number of aromatic amines is 1. The van der Waals surface area contributed by atoms with Crippen LogP contribution in [0, 0.1) is 0 Å². The number of alkyl halides is 4. The molecule has 0 saturated carbocycles. The quantitative estimate of drug-likeness (QED) is 0.205. The van der Waals surface area contributed by atoms with Gasteiger partial charge in [0, 0.05) is 49.5 Å². The summed E-state index contributed by atoms with van der Waals surface area (Å²) in [5, 5.41) is 6.14. The molecule has 4 atom stereocenters. The van der Waals surface area contributed by atoms with Gasteiger partial charge in [0.15, 0.2) is 23.0 Å². The van der Waals surface area contributed by atoms with Crippen molar-refractivity contribution in [3.63, 3.8) is 0 Å². The van der Waals surface area contributed by atoms with Crippen molar-refractivity contribution in [2.24, 2.45) is 0 Å². The van der Waals surface area contributed by atoms with E-state index in [1.807, 2.05) is 26.7 Å². The van der Waals surface area contributed by atoms with Crippen LogP contribution in [-0.2, 0) is 29.8 Å². The first-order valence-electron chi connectivity index (χ1n) is 15.5. The molecule has 0 bridgehead atoms. The monoisotopic (exact) mass is 684 g/mol. The maximum atomic E-state index is 16.1. The number of hydrogen-bond donors (Lipinski definition) is 1. The van der Waals surface area contributed by atoms with Crippen molar-refractivity contribution in [3.05, 3.63) is 76.7 Å². The van der Waals surface area contributed by atoms with Gasteiger partial charge in [-0.3, -0.25) is 15.0 Å². The smallest absolute Gasteiger partial charge is 0.443 e. The van der Waals surface area contributed by atoms with E-state index in [4.69, 9.17) is 30.8 Å². The van der Waals surface area contributed by atoms with Gasteiger partial charge < -0.3 is 18.8 Å². The van der Waals surface area contributed by atoms with E-state index in [0.29, 0.717) is 77.4 Å². The fraction of sp³-hybridized carbons (Fsp3) is 0.406. The highest BCUT2D eigenvalue weighted by Gasteiger charge is 2.44. The molecule has 2 fully saturated rings. The molecule has 0 aliphatic carbocycles. The Hall–Kier alpha value is -4.34. The van der Waals surface area contributed by atoms with Crippen LogP contribution in [0.15, 0.2) is 48.8 Å². The molecule has 11 nitrogen and oxygen atoms in total. The van der Waals surface area contributed by atoms with E-state index >= 15 is 4.39 Å². The van der Waals surface area contributed by atoms with Crippen LogP contribution in [0.1, 0.15) is 48.6 Å². The van der Waals surface area contributed by atoms with E-state index in [-0.39, 0.29) is 18.5 Å². The number of rotatable bonds is 7. The second-order valence-corrected chi connectivity index (χ2v) is 12.8. The summed E-state index contributed by atoms with van der Waals surface area (Å²) >= 11 is 6.02. The number of nitrogens with one attached hydrogen (secondary N) is 1. The number of nitrogens with zero attached hydrogens (tertiary/aromatic N) is 7. The van der Waals surface area contributed by atoms with Crippen LogP contribution >= 0.6 is 11.6 Å². The predicted octanol–water partition coefficient (Wildman–Crippen LogP) is 6.04. The number of fused-ring (bicyclic) bond motifs is 2. The van der Waals surface area contributed by atoms with Crippen molar-refractivity contribution in [2.45, 2.75) is 63.0 Å². The first kappa shape index (κ1) is 31.0. The highest BCUT2D eigenvalue weighted by atomic mass is 35.5. The molecule has 3 aliphatic heterocycles. The molecule has 5 aromatic rings. The molecule has 0 amide bonds. The minimum atomic E-state index is -4.65. The van der Waals surface area contributed by atoms with Crippen LogP contribution in [0.25, 0.3) is 22.6 Å². The standard InChI is InChI=1S/C32H29ClF4N8O3/c1-31(25-6-5-18(33)13-38-25)47-24-4-2-3-21(27(24)48-31)20-7-9-44(15-22(20)34)16-26-40-23-11-17(28-41-30(43-42-28)32(35,36)37)12-39-29(23)45(26)14-19-8-10-46-19/h2-6,11-13,19-20,22H,7-10,14-16H2,1H3,(H,41,42,43)/t19-,20-,22+,31-/m0/s1. The molecule has 16 heteroatoms. The van der Waals surface area contributed by atoms with Gasteiger partial charge in [0.1, 0.15) is 23.2 Å². The van der Waals surface area contributed by atoms with Gasteiger partial charge in [0.05, 0.1) is 24.2 Å². The fourth-order valence-corrected chi connectivity index (χ4v) is 6.60. The number of imidazole rings is 1. The zero-order valence-electron chi connectivity index (χ0n) is 25.5. The van der Waals surface area contributed by atoms with Crippen LogP contribution < -0.4 is 9.47 Å². The maximum Gasteiger partial charge on any atom is 0.451 e. The average Bonchev–Trinajstić information content (AvgIpc) is 3.75. The normalized spacial score (nSPS) is 24.2. The highest BCUT2D eigenvalue weighted by molar-refractivity contribution is 6.30. The Bertz CT molecular complexity index is 1980. The Kier molecular flexibility index (Phi) is 7.53. The summed E-state index contributed by atoms with van der Waals surface area (Å²) in [6.45, 7) is 4.03. The third-order valence-electron chi connectivity index (χ3n) is 9.05. The van der Waals surface area contributed by atoms with Crippen molar-refractivity contribution in [1.29, 1.82) is 0 Å². The molecular formula is C32H29ClF4N8O3. The molecule has 8 rings (SSSR count). The van der Waals surface area contributed by atoms with Gasteiger partial charge in [-0.1, -0.05) is 23.7 Å². The Labute approximate surface area is 276 Å². The molecule has 0 radical (unpaired) electrons. The van der Waals surface area contributed by atoms with E-state index in [0.717, 1.165) is 12.0 Å². The highest BCUT2D eigenvalue weighted by Crippen LogP contribution is 2.49. The zero-order valence-corrected chi connectivity index (χ0v) is 26.3. The van der Waals surface area contributed by atoms with E-state index < -0.39 is 29.9 Å². The number of pyridine rings is 2. The number of benzene rings is 1. The summed E-state index contributed by atoms with van der Waals surface area (Å²) in [6.07, 6.45) is -1.51. The summed E-state index contributed by atoms with van der Waals surface area (Å²) in [5.74, 6) is -1.23. The van der Waals surface area contributed by atoms with Crippen molar-refractivity contribution in [1.82, 2.24) is 39.6 Å². The zero-order chi connectivity index (χ0) is 33.2. The number of likely N-dealkylation sites (tertiary alicyclic amines) is 1. The summed E-state index contributed by atoms with van der Waals surface area (Å²) < 4.78 is 75.5. The van der Waals surface area contributed by atoms with Gasteiger partial charge in [-0.05, 0) is 43.7 Å². The largest absolute Gasteiger partial charge is 0.451 e. The summed E-state index contributed by atoms with van der Waals surface area (Å²) in [6, 6.07) is 10.6. The van der Waals surface area contributed by atoms with Crippen molar-refractivity contribution in [2.75, 3.05) is 19.7 Å². The van der Waals surface area contributed by atoms with Crippen molar-refractivity contribution >= 4 is 22.8 Å². The third kappa shape index (κ3) is 5.62. The lowest BCUT2D eigenvalue weighted by Gasteiger charge is -2.35. The molecule has 7 heterocycles. The van der Waals surface area contributed by atoms with E-state index in [1.165, 1.54) is 12.4 Å². The first-order chi connectivity index (χ1) is 23.0. The molecule has 250 valence electrons. The topological polar surface area (TPSA) is 116 Å². The predicted molar refractivity (Wildman–Crippen MR) is 164 cm³/mol. The fourth-order valence-electron chi connectivity index (χ4n) is 6.49. The minimum Gasteiger partial charge on any atom is -0.443 e. The Morgan fingerprint density at radius 1 is 1.08 bits per heavy atom. The van der Waals surface area contributed by atoms with Gasteiger partial charge in [-0.2, -0.15) is 18.3 Å². The van der Waals surface area contributed by atoms with Gasteiger partial charge in [-0.15, -0.1) is 0 Å². The molecule has 2 saturated heterocycles. The average molecular weight is 685 g/mol. The number of piperidine rings is 1. The van der Waals surface area contributed by atoms with Gasteiger partial charge in [0.2, 0.25) is 5.82 Å². The summed E-state index contributed by atoms with van der Waals surface area (Å²) in [7, 11) is 0. The number of hydrogen-bond acceptors (Lipinski definition) is 9. The van der Waals surface area contributed by atoms with E-state index in [2.05, 4.69) is 20.1 Å². The van der Waals surface area contributed by atoms with Crippen LogP contribution in [0.4, 0.5) is 17.6 Å². The van der Waals surface area contributed by atoms with Crippen LogP contribution in [0.2, 0.25) is 5.02 Å². The lowest BCUT2D eigenvalue weighted by atomic mass is 9.87. The second kappa shape index (κ2) is 11.7. The van der Waals surface area contributed by atoms with Crippen LogP contribution in [0.3, 0.4) is 0 Å². The van der Waals surface area contributed by atoms with Crippen LogP contribution in [0.5, 0.6) is 11.5 Å². The van der Waals surface area contributed by atoms with Crippen molar-refractivity contribution < 1.29 is 31.8 Å². The molecular weight excluding hydrogens is 656 g/mol. The number of para-hydroxylation sites is 1. The molecule has 1 aromatic carbocycles. The Morgan fingerprint density at radius 2 is 1.94 bits per heavy atom. The van der Waals surface area contributed by atoms with Gasteiger partial charge >= 0.3 is 6.18 Å². The maximum absolute atomic E-state index is 16.1. The molecule has 3 aliphatic rings. The molecule has 0 spiro atoms. The summed E-state index contributed by atoms with van der Waals surface area (Å²) in [5.41, 5.74) is 2.60. The first-order valence-corrected chi connectivity index (χ1v) is 15.9. The van der Waals surface area contributed by atoms with E-state index in [1.54, 1.807) is 31.2 Å². The molecule has 0 unspecified atom stereocenters. The molecule has 4 aromatic heterocycles. The Morgan fingerprint density at radius 3 is 2.65 bits per heavy atom. The van der Waals surface area contributed by atoms with Gasteiger partial charge in [0.25, 0.3) is 5.79 Å². The number of ether oxygens (including phenoxy) is 3. The lowest BCUT2D eigenvalue weighted by Crippen LogP contribution is -2.41. The Balaban J connectivity index is 1.02. The molecule has 1 N–H and O–H groups in total. The summed E-state index contributed by atoms with van der Waals surface area (Å²) in [4.78, 5) is 19.3. The van der Waals surface area contributed by atoms with Gasteiger partial charge in [-0.25, -0.2) is 19.3 Å². The van der Waals surface area contributed by atoms with Crippen molar-refractivity contribution in [3.8, 4) is 22.9 Å². The lowest BCUT2D eigenvalue weighted by molar-refractivity contribution is -0.144. The second-order valence-electron chi connectivity index (χ2n) is 12.3. The third-order valence-corrected chi connectivity index (χ3v) is 9.27.